The number of aryl methyl sites for hydroxylation is 1. The van der Waals surface area contributed by atoms with Crippen molar-refractivity contribution in [3.8, 4) is 0 Å². The number of benzene rings is 1. The number of unbranched alkanes of at least 4 members (excludes halogenated alkanes) is 4. The fourth-order valence-electron chi connectivity index (χ4n) is 7.29. The van der Waals surface area contributed by atoms with Crippen molar-refractivity contribution in [1.29, 1.82) is 0 Å². The van der Waals surface area contributed by atoms with E-state index in [0.717, 1.165) is 29.6 Å². The first-order valence-electron chi connectivity index (χ1n) is 14.0. The molecule has 0 heteroatoms. The molecule has 0 N–H and O–H groups in total. The van der Waals surface area contributed by atoms with Crippen molar-refractivity contribution < 1.29 is 0 Å². The molecule has 0 saturated heterocycles. The van der Waals surface area contributed by atoms with Gasteiger partial charge in [-0.25, -0.2) is 0 Å². The van der Waals surface area contributed by atoms with Crippen LogP contribution in [0.25, 0.3) is 0 Å². The smallest absolute Gasteiger partial charge is 0.0159 e. The van der Waals surface area contributed by atoms with Gasteiger partial charge in [-0.2, -0.15) is 0 Å². The molecule has 1 aromatic carbocycles. The molecule has 0 amide bonds. The lowest BCUT2D eigenvalue weighted by Gasteiger charge is -2.42. The summed E-state index contributed by atoms with van der Waals surface area (Å²) in [6, 6.07) is 7.71. The second-order valence-electron chi connectivity index (χ2n) is 11.4. The Kier molecular flexibility index (Phi) is 8.74. The predicted molar refractivity (Wildman–Crippen MR) is 136 cm³/mol. The standard InChI is InChI=1S/C31H48/c1-3-5-7-8-9-11-25-13-15-29-23-31(19-17-27(29)21-25)30-18-16-26-20-24(10-6-4-2)12-14-28(26)22-30/h4,17,19,23-26,28,30H,2-3,5-16,18,20-22H2,1H3. The minimum atomic E-state index is 0.840. The zero-order chi connectivity index (χ0) is 21.5. The van der Waals surface area contributed by atoms with Crippen LogP contribution in [-0.4, -0.2) is 0 Å². The molecule has 1 aromatic rings. The summed E-state index contributed by atoms with van der Waals surface area (Å²) in [6.45, 7) is 6.24. The lowest BCUT2D eigenvalue weighted by atomic mass is 9.63. The lowest BCUT2D eigenvalue weighted by Crippen LogP contribution is -2.30. The quantitative estimate of drug-likeness (QED) is 0.261. The van der Waals surface area contributed by atoms with Gasteiger partial charge in [-0.15, -0.1) is 6.58 Å². The maximum Gasteiger partial charge on any atom is -0.0159 e. The van der Waals surface area contributed by atoms with Gasteiger partial charge in [0.05, 0.1) is 0 Å². The zero-order valence-electron chi connectivity index (χ0n) is 20.4. The van der Waals surface area contributed by atoms with Crippen molar-refractivity contribution >= 4 is 0 Å². The van der Waals surface area contributed by atoms with Gasteiger partial charge in [-0.1, -0.05) is 76.1 Å². The van der Waals surface area contributed by atoms with Crippen LogP contribution in [0, 0.1) is 23.7 Å². The van der Waals surface area contributed by atoms with Crippen molar-refractivity contribution in [3.05, 3.63) is 47.5 Å². The molecule has 3 aliphatic rings. The van der Waals surface area contributed by atoms with E-state index >= 15 is 0 Å². The van der Waals surface area contributed by atoms with Gasteiger partial charge in [0.15, 0.2) is 0 Å². The largest absolute Gasteiger partial charge is 0.103 e. The molecule has 0 bridgehead atoms. The van der Waals surface area contributed by atoms with Crippen LogP contribution in [-0.2, 0) is 12.8 Å². The van der Waals surface area contributed by atoms with Crippen LogP contribution in [0.1, 0.15) is 126 Å². The highest BCUT2D eigenvalue weighted by atomic mass is 14.4. The molecule has 2 saturated carbocycles. The minimum absolute atomic E-state index is 0.840. The van der Waals surface area contributed by atoms with Gasteiger partial charge in [-0.3, -0.25) is 0 Å². The molecule has 172 valence electrons. The first-order valence-corrected chi connectivity index (χ1v) is 14.0. The SMILES string of the molecule is C=CCCC1CCC2CC(c3ccc4c(c3)CCC(CCCCCCC)C4)CCC2C1. The highest BCUT2D eigenvalue weighted by molar-refractivity contribution is 5.36. The van der Waals surface area contributed by atoms with Crippen LogP contribution in [0.5, 0.6) is 0 Å². The van der Waals surface area contributed by atoms with Crippen LogP contribution >= 0.6 is 0 Å². The number of hydrogen-bond donors (Lipinski definition) is 0. The Morgan fingerprint density at radius 1 is 0.839 bits per heavy atom. The fourth-order valence-corrected chi connectivity index (χ4v) is 7.29. The first-order chi connectivity index (χ1) is 15.3. The minimum Gasteiger partial charge on any atom is -0.103 e. The summed E-state index contributed by atoms with van der Waals surface area (Å²) < 4.78 is 0. The van der Waals surface area contributed by atoms with Gasteiger partial charge in [0.1, 0.15) is 0 Å². The number of rotatable bonds is 10. The van der Waals surface area contributed by atoms with Gasteiger partial charge in [0, 0.05) is 0 Å². The summed E-state index contributed by atoms with van der Waals surface area (Å²) in [4.78, 5) is 0. The van der Waals surface area contributed by atoms with Crippen molar-refractivity contribution in [2.75, 3.05) is 0 Å². The van der Waals surface area contributed by atoms with Crippen LogP contribution in [0.15, 0.2) is 30.9 Å². The monoisotopic (exact) mass is 420 g/mol. The summed E-state index contributed by atoms with van der Waals surface area (Å²) >= 11 is 0. The summed E-state index contributed by atoms with van der Waals surface area (Å²) in [5.74, 6) is 4.81. The third-order valence-electron chi connectivity index (χ3n) is 9.25. The number of allylic oxidation sites excluding steroid dienone is 1. The second kappa shape index (κ2) is 11.7. The molecule has 0 heterocycles. The van der Waals surface area contributed by atoms with E-state index in [4.69, 9.17) is 0 Å². The average Bonchev–Trinajstić information content (AvgIpc) is 2.81. The van der Waals surface area contributed by atoms with E-state index in [9.17, 15) is 0 Å². The third-order valence-corrected chi connectivity index (χ3v) is 9.25. The van der Waals surface area contributed by atoms with E-state index in [1.165, 1.54) is 109 Å². The highest BCUT2D eigenvalue weighted by Crippen LogP contribution is 2.48. The fraction of sp³-hybridized carbons (Fsp3) is 0.742. The van der Waals surface area contributed by atoms with E-state index in [2.05, 4.69) is 37.8 Å². The van der Waals surface area contributed by atoms with Gasteiger partial charge >= 0.3 is 0 Å². The van der Waals surface area contributed by atoms with Crippen molar-refractivity contribution in [3.63, 3.8) is 0 Å². The molecule has 2 fully saturated rings. The Hall–Kier alpha value is -1.04. The molecule has 0 radical (unpaired) electrons. The number of fused-ring (bicyclic) bond motifs is 2. The summed E-state index contributed by atoms with van der Waals surface area (Å²) in [6.07, 6.45) is 26.3. The molecule has 0 aromatic heterocycles. The summed E-state index contributed by atoms with van der Waals surface area (Å²) in [7, 11) is 0. The summed E-state index contributed by atoms with van der Waals surface area (Å²) in [5, 5.41) is 0. The Morgan fingerprint density at radius 2 is 1.68 bits per heavy atom. The van der Waals surface area contributed by atoms with Gasteiger partial charge in [0.2, 0.25) is 0 Å². The Balaban J connectivity index is 1.27. The van der Waals surface area contributed by atoms with Gasteiger partial charge in [-0.05, 0) is 110 Å². The molecular weight excluding hydrogens is 372 g/mol. The second-order valence-corrected chi connectivity index (χ2v) is 11.4. The van der Waals surface area contributed by atoms with Gasteiger partial charge < -0.3 is 0 Å². The van der Waals surface area contributed by atoms with Crippen molar-refractivity contribution in [1.82, 2.24) is 0 Å². The molecule has 5 atom stereocenters. The summed E-state index contributed by atoms with van der Waals surface area (Å²) in [5.41, 5.74) is 5.07. The molecule has 0 spiro atoms. The highest BCUT2D eigenvalue weighted by Gasteiger charge is 2.36. The zero-order valence-corrected chi connectivity index (χ0v) is 20.4. The van der Waals surface area contributed by atoms with E-state index in [1.54, 1.807) is 16.7 Å². The normalized spacial score (nSPS) is 30.4. The van der Waals surface area contributed by atoms with E-state index < -0.39 is 0 Å². The average molecular weight is 421 g/mol. The van der Waals surface area contributed by atoms with E-state index in [1.807, 2.05) is 0 Å². The van der Waals surface area contributed by atoms with E-state index in [0.29, 0.717) is 0 Å². The molecule has 31 heavy (non-hydrogen) atoms. The van der Waals surface area contributed by atoms with Crippen LogP contribution < -0.4 is 0 Å². The van der Waals surface area contributed by atoms with Crippen LogP contribution in [0.4, 0.5) is 0 Å². The third kappa shape index (κ3) is 6.27. The van der Waals surface area contributed by atoms with Crippen molar-refractivity contribution in [2.45, 2.75) is 122 Å². The molecule has 0 nitrogen and oxygen atoms in total. The van der Waals surface area contributed by atoms with Gasteiger partial charge in [0.25, 0.3) is 0 Å². The molecule has 3 aliphatic carbocycles. The Bertz CT molecular complexity index is 685. The maximum atomic E-state index is 3.93. The topological polar surface area (TPSA) is 0 Å². The van der Waals surface area contributed by atoms with Crippen molar-refractivity contribution in [2.24, 2.45) is 23.7 Å². The van der Waals surface area contributed by atoms with E-state index in [-0.39, 0.29) is 0 Å². The molecular formula is C31H48. The van der Waals surface area contributed by atoms with Crippen LogP contribution in [0.2, 0.25) is 0 Å². The molecule has 5 unspecified atom stereocenters. The van der Waals surface area contributed by atoms with Crippen LogP contribution in [0.3, 0.4) is 0 Å². The molecule has 4 rings (SSSR count). The molecule has 0 aliphatic heterocycles. The Morgan fingerprint density at radius 3 is 2.55 bits per heavy atom. The first kappa shape index (κ1) is 23.1. The lowest BCUT2D eigenvalue weighted by molar-refractivity contribution is 0.115. The number of hydrogen-bond acceptors (Lipinski definition) is 0. The Labute approximate surface area is 193 Å². The predicted octanol–water partition coefficient (Wildman–Crippen LogP) is 9.42. The maximum absolute atomic E-state index is 3.93.